The maximum atomic E-state index is 8.89. The van der Waals surface area contributed by atoms with E-state index in [-0.39, 0.29) is 12.5 Å². The van der Waals surface area contributed by atoms with Crippen molar-refractivity contribution in [3.63, 3.8) is 0 Å². The summed E-state index contributed by atoms with van der Waals surface area (Å²) in [5, 5.41) is 10.9. The number of aliphatic hydroxyl groups is 1. The highest BCUT2D eigenvalue weighted by Crippen LogP contribution is 2.23. The molecule has 0 saturated carbocycles. The lowest BCUT2D eigenvalue weighted by atomic mass is 10.2. The summed E-state index contributed by atoms with van der Waals surface area (Å²) >= 11 is 8.91. The van der Waals surface area contributed by atoms with Crippen LogP contribution in [0, 0.1) is 5.92 Å². The third-order valence-electron chi connectivity index (χ3n) is 1.66. The van der Waals surface area contributed by atoms with Crippen LogP contribution in [0.1, 0.15) is 6.92 Å². The van der Waals surface area contributed by atoms with Crippen LogP contribution < -0.4 is 0 Å². The molecule has 1 atom stereocenters. The third kappa shape index (κ3) is 4.59. The third-order valence-corrected chi connectivity index (χ3v) is 3.64. The van der Waals surface area contributed by atoms with Gasteiger partial charge in [0.05, 0.1) is 0 Å². The molecule has 0 aromatic carbocycles. The van der Waals surface area contributed by atoms with Crippen molar-refractivity contribution in [2.75, 3.05) is 18.6 Å². The average molecular weight is 265 g/mol. The Kier molecular flexibility index (Phi) is 5.74. The monoisotopic (exact) mass is 264 g/mol. The second kappa shape index (κ2) is 6.58. The molecule has 0 spiro atoms. The van der Waals surface area contributed by atoms with Crippen molar-refractivity contribution in [1.82, 2.24) is 9.97 Å². The van der Waals surface area contributed by atoms with Gasteiger partial charge in [-0.25, -0.2) is 9.97 Å². The minimum absolute atomic E-state index is 0.196. The summed E-state index contributed by atoms with van der Waals surface area (Å²) in [6.45, 7) is 2.19. The molecule has 0 amide bonds. The van der Waals surface area contributed by atoms with Gasteiger partial charge in [0, 0.05) is 18.4 Å². The second-order valence-corrected chi connectivity index (χ2v) is 5.32. The molecule has 1 aromatic rings. The van der Waals surface area contributed by atoms with Gasteiger partial charge in [-0.1, -0.05) is 30.3 Å². The highest BCUT2D eigenvalue weighted by atomic mass is 35.5. The van der Waals surface area contributed by atoms with Crippen molar-refractivity contribution >= 4 is 35.1 Å². The van der Waals surface area contributed by atoms with E-state index in [0.29, 0.717) is 10.3 Å². The van der Waals surface area contributed by atoms with Crippen LogP contribution in [0.15, 0.2) is 16.2 Å². The van der Waals surface area contributed by atoms with E-state index in [1.54, 1.807) is 17.8 Å². The van der Waals surface area contributed by atoms with E-state index in [1.807, 2.05) is 13.2 Å². The van der Waals surface area contributed by atoms with Gasteiger partial charge in [-0.05, 0) is 12.2 Å². The van der Waals surface area contributed by atoms with Gasteiger partial charge in [-0.3, -0.25) is 0 Å². The van der Waals surface area contributed by atoms with Crippen molar-refractivity contribution in [2.24, 2.45) is 5.92 Å². The van der Waals surface area contributed by atoms with Crippen molar-refractivity contribution < 1.29 is 5.11 Å². The summed E-state index contributed by atoms with van der Waals surface area (Å²) in [6, 6.07) is 1.75. The van der Waals surface area contributed by atoms with Crippen LogP contribution in [0.2, 0.25) is 5.15 Å². The molecule has 0 aliphatic rings. The minimum atomic E-state index is 0.196. The largest absolute Gasteiger partial charge is 0.396 e. The quantitative estimate of drug-likeness (QED) is 0.503. The van der Waals surface area contributed by atoms with Crippen molar-refractivity contribution in [3.8, 4) is 0 Å². The molecule has 1 N–H and O–H groups in total. The SMILES string of the molecule is CSc1nc(Cl)cc(SCC(C)CO)n1. The van der Waals surface area contributed by atoms with E-state index >= 15 is 0 Å². The lowest BCUT2D eigenvalue weighted by Crippen LogP contribution is -2.03. The molecule has 1 aromatic heterocycles. The first kappa shape index (κ1) is 13.1. The van der Waals surface area contributed by atoms with Gasteiger partial charge in [0.25, 0.3) is 0 Å². The van der Waals surface area contributed by atoms with Gasteiger partial charge in [0.1, 0.15) is 10.2 Å². The molecule has 3 nitrogen and oxygen atoms in total. The zero-order valence-corrected chi connectivity index (χ0v) is 11.0. The fourth-order valence-corrected chi connectivity index (χ4v) is 2.46. The molecule has 15 heavy (non-hydrogen) atoms. The molecule has 1 heterocycles. The van der Waals surface area contributed by atoms with Crippen LogP contribution in [0.4, 0.5) is 0 Å². The Morgan fingerprint density at radius 2 is 2.27 bits per heavy atom. The Labute approximate surface area is 103 Å². The number of hydrogen-bond acceptors (Lipinski definition) is 5. The highest BCUT2D eigenvalue weighted by molar-refractivity contribution is 7.99. The summed E-state index contributed by atoms with van der Waals surface area (Å²) in [5.41, 5.74) is 0. The van der Waals surface area contributed by atoms with Gasteiger partial charge in [0.2, 0.25) is 0 Å². The summed E-state index contributed by atoms with van der Waals surface area (Å²) < 4.78 is 0. The van der Waals surface area contributed by atoms with Crippen LogP contribution in [0.5, 0.6) is 0 Å². The summed E-state index contributed by atoms with van der Waals surface area (Å²) in [6.07, 6.45) is 1.91. The van der Waals surface area contributed by atoms with Crippen LogP contribution in [-0.2, 0) is 0 Å². The zero-order chi connectivity index (χ0) is 11.3. The molecule has 6 heteroatoms. The molecule has 1 rings (SSSR count). The summed E-state index contributed by atoms with van der Waals surface area (Å²) in [7, 11) is 0. The van der Waals surface area contributed by atoms with E-state index in [1.165, 1.54) is 11.8 Å². The predicted octanol–water partition coefficient (Wildman–Crippen LogP) is 2.57. The Morgan fingerprint density at radius 3 is 2.87 bits per heavy atom. The maximum absolute atomic E-state index is 8.89. The highest BCUT2D eigenvalue weighted by Gasteiger charge is 2.05. The molecular formula is C9H13ClN2OS2. The van der Waals surface area contributed by atoms with E-state index in [0.717, 1.165) is 10.8 Å². The normalized spacial score (nSPS) is 12.8. The first-order valence-electron chi connectivity index (χ1n) is 4.48. The number of halogens is 1. The van der Waals surface area contributed by atoms with Gasteiger partial charge in [-0.2, -0.15) is 0 Å². The number of aromatic nitrogens is 2. The first-order valence-corrected chi connectivity index (χ1v) is 7.06. The van der Waals surface area contributed by atoms with Crippen molar-refractivity contribution in [2.45, 2.75) is 17.1 Å². The predicted molar refractivity (Wildman–Crippen MR) is 65.8 cm³/mol. The van der Waals surface area contributed by atoms with Gasteiger partial charge < -0.3 is 5.11 Å². The minimum Gasteiger partial charge on any atom is -0.396 e. The molecule has 1 unspecified atom stereocenters. The van der Waals surface area contributed by atoms with E-state index in [9.17, 15) is 0 Å². The lowest BCUT2D eigenvalue weighted by molar-refractivity contribution is 0.250. The van der Waals surface area contributed by atoms with Gasteiger partial charge in [0.15, 0.2) is 5.16 Å². The van der Waals surface area contributed by atoms with Crippen LogP contribution >= 0.6 is 35.1 Å². The number of aliphatic hydroxyl groups excluding tert-OH is 1. The van der Waals surface area contributed by atoms with Crippen LogP contribution in [0.25, 0.3) is 0 Å². The number of nitrogens with zero attached hydrogens (tertiary/aromatic N) is 2. The molecule has 0 radical (unpaired) electrons. The average Bonchev–Trinajstić information content (AvgIpc) is 2.25. The number of hydrogen-bond donors (Lipinski definition) is 1. The number of rotatable bonds is 5. The molecule has 0 aliphatic heterocycles. The molecule has 0 aliphatic carbocycles. The van der Waals surface area contributed by atoms with E-state index in [2.05, 4.69) is 9.97 Å². The Balaban J connectivity index is 2.64. The van der Waals surface area contributed by atoms with Crippen LogP contribution in [0.3, 0.4) is 0 Å². The van der Waals surface area contributed by atoms with E-state index in [4.69, 9.17) is 16.7 Å². The van der Waals surface area contributed by atoms with E-state index < -0.39 is 0 Å². The Morgan fingerprint density at radius 1 is 1.53 bits per heavy atom. The zero-order valence-electron chi connectivity index (χ0n) is 8.61. The van der Waals surface area contributed by atoms with Crippen molar-refractivity contribution in [1.29, 1.82) is 0 Å². The van der Waals surface area contributed by atoms with Gasteiger partial charge >= 0.3 is 0 Å². The number of thioether (sulfide) groups is 2. The van der Waals surface area contributed by atoms with Crippen LogP contribution in [-0.4, -0.2) is 33.7 Å². The summed E-state index contributed by atoms with van der Waals surface area (Å²) in [5.74, 6) is 1.10. The second-order valence-electron chi connectivity index (χ2n) is 3.11. The van der Waals surface area contributed by atoms with Gasteiger partial charge in [-0.15, -0.1) is 11.8 Å². The Bertz CT molecular complexity index is 325. The maximum Gasteiger partial charge on any atom is 0.189 e. The molecule has 0 saturated heterocycles. The molecule has 0 bridgehead atoms. The standard InChI is InChI=1S/C9H13ClN2OS2/c1-6(4-13)5-15-8-3-7(10)11-9(12-8)14-2/h3,6,13H,4-5H2,1-2H3. The smallest absolute Gasteiger partial charge is 0.189 e. The fourth-order valence-electron chi connectivity index (χ4n) is 0.823. The molecule has 0 fully saturated rings. The molecular weight excluding hydrogens is 252 g/mol. The molecule has 84 valence electrons. The lowest BCUT2D eigenvalue weighted by Gasteiger charge is -2.07. The van der Waals surface area contributed by atoms with Crippen molar-refractivity contribution in [3.05, 3.63) is 11.2 Å². The fraction of sp³-hybridized carbons (Fsp3) is 0.556. The summed E-state index contributed by atoms with van der Waals surface area (Å²) in [4.78, 5) is 8.36. The topological polar surface area (TPSA) is 46.0 Å². The Hall–Kier alpha value is 0.0300. The first-order chi connectivity index (χ1) is 7.15.